The van der Waals surface area contributed by atoms with Gasteiger partial charge in [0, 0.05) is 18.1 Å². The summed E-state index contributed by atoms with van der Waals surface area (Å²) < 4.78 is 10.5. The van der Waals surface area contributed by atoms with Crippen molar-refractivity contribution in [1.82, 2.24) is 20.2 Å². The number of nitrogens with one attached hydrogen (secondary N) is 1. The third-order valence-corrected chi connectivity index (χ3v) is 6.65. The van der Waals surface area contributed by atoms with Crippen LogP contribution in [-0.2, 0) is 11.3 Å². The van der Waals surface area contributed by atoms with Crippen LogP contribution >= 0.6 is 34.0 Å². The molecule has 4 aromatic rings. The second-order valence-electron chi connectivity index (χ2n) is 5.70. The quantitative estimate of drug-likeness (QED) is 0.491. The van der Waals surface area contributed by atoms with Gasteiger partial charge in [0.25, 0.3) is 5.91 Å². The molecule has 28 heavy (non-hydrogen) atoms. The van der Waals surface area contributed by atoms with Gasteiger partial charge in [0.2, 0.25) is 11.0 Å². The maximum absolute atomic E-state index is 12.8. The molecule has 11 heteroatoms. The molecule has 1 amide bonds. The number of aryl methyl sites for hydroxylation is 1. The number of ether oxygens (including phenoxy) is 2. The minimum atomic E-state index is -0.260. The molecule has 0 fully saturated rings. The zero-order valence-corrected chi connectivity index (χ0v) is 17.6. The van der Waals surface area contributed by atoms with Gasteiger partial charge < -0.3 is 9.47 Å². The molecule has 0 aliphatic rings. The molecule has 1 N–H and O–H groups in total. The Morgan fingerprint density at radius 3 is 2.79 bits per heavy atom. The average molecular weight is 434 g/mol. The molecule has 0 atom stereocenters. The molecule has 0 aliphatic carbocycles. The Morgan fingerprint density at radius 1 is 1.21 bits per heavy atom. The number of methoxy groups -OCH3 is 2. The first kappa shape index (κ1) is 18.9. The number of thiophene rings is 2. The number of fused-ring (bicyclic) bond motifs is 1. The van der Waals surface area contributed by atoms with Crippen molar-refractivity contribution in [3.8, 4) is 16.5 Å². The zero-order valence-electron chi connectivity index (χ0n) is 15.2. The van der Waals surface area contributed by atoms with E-state index in [1.807, 2.05) is 23.8 Å². The van der Waals surface area contributed by atoms with Crippen LogP contribution in [0.15, 0.2) is 16.8 Å². The Labute approximate surface area is 172 Å². The zero-order chi connectivity index (χ0) is 19.7. The van der Waals surface area contributed by atoms with Crippen LogP contribution in [0.4, 0.5) is 5.13 Å². The van der Waals surface area contributed by atoms with Crippen molar-refractivity contribution in [2.75, 3.05) is 19.5 Å². The van der Waals surface area contributed by atoms with Crippen molar-refractivity contribution in [2.45, 2.75) is 13.5 Å². The van der Waals surface area contributed by atoms with Gasteiger partial charge >= 0.3 is 0 Å². The summed E-state index contributed by atoms with van der Waals surface area (Å²) in [5.41, 5.74) is 1.76. The molecule has 0 spiro atoms. The number of hydrogen-bond acceptors (Lipinski definition) is 10. The summed E-state index contributed by atoms with van der Waals surface area (Å²) in [6, 6.07) is 1.97. The summed E-state index contributed by atoms with van der Waals surface area (Å²) in [6.07, 6.45) is 0. The van der Waals surface area contributed by atoms with E-state index in [0.29, 0.717) is 26.5 Å². The molecular weight excluding hydrogens is 418 g/mol. The van der Waals surface area contributed by atoms with Crippen LogP contribution in [0.25, 0.3) is 20.8 Å². The first-order chi connectivity index (χ1) is 13.6. The minimum absolute atomic E-state index is 0.260. The lowest BCUT2D eigenvalue weighted by Crippen LogP contribution is -2.11. The van der Waals surface area contributed by atoms with Gasteiger partial charge in [-0.1, -0.05) is 11.3 Å². The van der Waals surface area contributed by atoms with E-state index in [0.717, 1.165) is 21.5 Å². The summed E-state index contributed by atoms with van der Waals surface area (Å²) in [7, 11) is 3.12. The van der Waals surface area contributed by atoms with Gasteiger partial charge in [-0.2, -0.15) is 16.3 Å². The Kier molecular flexibility index (Phi) is 5.31. The number of carbonyl (C=O) groups is 1. The lowest BCUT2D eigenvalue weighted by atomic mass is 10.2. The van der Waals surface area contributed by atoms with Crippen LogP contribution in [0.5, 0.6) is 5.88 Å². The SMILES string of the molecule is COCc1nc(OC)c2c(C)c(C(=O)Nc3nnc(-c4ccsc4)s3)sc2n1. The topological polar surface area (TPSA) is 99.1 Å². The molecule has 0 radical (unpaired) electrons. The maximum atomic E-state index is 12.8. The first-order valence-electron chi connectivity index (χ1n) is 8.11. The highest BCUT2D eigenvalue weighted by molar-refractivity contribution is 7.21. The molecule has 0 unspecified atom stereocenters. The Morgan fingerprint density at radius 2 is 2.07 bits per heavy atom. The molecule has 144 valence electrons. The average Bonchev–Trinajstić information content (AvgIpc) is 3.41. The van der Waals surface area contributed by atoms with E-state index in [4.69, 9.17) is 9.47 Å². The number of carbonyl (C=O) groups excluding carboxylic acids is 1. The normalized spacial score (nSPS) is 11.1. The van der Waals surface area contributed by atoms with Gasteiger partial charge in [-0.05, 0) is 23.9 Å². The van der Waals surface area contributed by atoms with Gasteiger partial charge in [-0.3, -0.25) is 10.1 Å². The predicted octanol–water partition coefficient (Wildman–Crippen LogP) is 3.99. The lowest BCUT2D eigenvalue weighted by Gasteiger charge is -2.04. The van der Waals surface area contributed by atoms with Crippen molar-refractivity contribution in [2.24, 2.45) is 0 Å². The van der Waals surface area contributed by atoms with Crippen LogP contribution in [0.2, 0.25) is 0 Å². The molecule has 4 aromatic heterocycles. The van der Waals surface area contributed by atoms with Crippen molar-refractivity contribution in [3.05, 3.63) is 33.1 Å². The number of rotatable bonds is 6. The fourth-order valence-corrected chi connectivity index (χ4v) is 5.17. The van der Waals surface area contributed by atoms with Crippen LogP contribution < -0.4 is 10.1 Å². The Balaban J connectivity index is 1.65. The molecule has 0 aromatic carbocycles. The number of nitrogens with zero attached hydrogens (tertiary/aromatic N) is 4. The van der Waals surface area contributed by atoms with Crippen LogP contribution in [-0.4, -0.2) is 40.3 Å². The Hall–Kier alpha value is -2.47. The van der Waals surface area contributed by atoms with Crippen molar-refractivity contribution >= 4 is 55.3 Å². The fourth-order valence-electron chi connectivity index (χ4n) is 2.63. The van der Waals surface area contributed by atoms with Crippen molar-refractivity contribution in [3.63, 3.8) is 0 Å². The predicted molar refractivity (Wildman–Crippen MR) is 111 cm³/mol. The standard InChI is InChI=1S/C17H15N5O3S3/c1-8-11-14(25-3)18-10(6-24-2)19-16(11)27-12(8)13(23)20-17-22-21-15(28-17)9-4-5-26-7-9/h4-5,7H,6H2,1-3H3,(H,20,22,23). The monoisotopic (exact) mass is 433 g/mol. The van der Waals surface area contributed by atoms with E-state index in [-0.39, 0.29) is 12.5 Å². The number of anilines is 1. The number of aromatic nitrogens is 4. The van der Waals surface area contributed by atoms with E-state index < -0.39 is 0 Å². The fraction of sp³-hybridized carbons (Fsp3) is 0.235. The summed E-state index contributed by atoms with van der Waals surface area (Å²) in [5, 5.41) is 16.9. The molecule has 0 saturated carbocycles. The molecule has 8 nitrogen and oxygen atoms in total. The van der Waals surface area contributed by atoms with Gasteiger partial charge in [0.15, 0.2) is 5.82 Å². The largest absolute Gasteiger partial charge is 0.480 e. The summed E-state index contributed by atoms with van der Waals surface area (Å²) in [4.78, 5) is 22.9. The van der Waals surface area contributed by atoms with Crippen LogP contribution in [0, 0.1) is 6.92 Å². The smallest absolute Gasteiger partial charge is 0.267 e. The van der Waals surface area contributed by atoms with Gasteiger partial charge in [-0.25, -0.2) is 4.98 Å². The molecule has 0 aliphatic heterocycles. The van der Waals surface area contributed by atoms with Gasteiger partial charge in [-0.15, -0.1) is 21.5 Å². The maximum Gasteiger partial charge on any atom is 0.267 e. The van der Waals surface area contributed by atoms with E-state index in [1.54, 1.807) is 25.6 Å². The van der Waals surface area contributed by atoms with Gasteiger partial charge in [0.1, 0.15) is 16.4 Å². The molecular formula is C17H15N5O3S3. The highest BCUT2D eigenvalue weighted by Gasteiger charge is 2.22. The number of hydrogen-bond donors (Lipinski definition) is 1. The highest BCUT2D eigenvalue weighted by atomic mass is 32.1. The first-order valence-corrected chi connectivity index (χ1v) is 10.7. The second kappa shape index (κ2) is 7.87. The van der Waals surface area contributed by atoms with Crippen molar-refractivity contribution in [1.29, 1.82) is 0 Å². The minimum Gasteiger partial charge on any atom is -0.480 e. The van der Waals surface area contributed by atoms with E-state index >= 15 is 0 Å². The molecule has 4 heterocycles. The second-order valence-corrected chi connectivity index (χ2v) is 8.45. The molecule has 0 bridgehead atoms. The highest BCUT2D eigenvalue weighted by Crippen LogP contribution is 2.36. The van der Waals surface area contributed by atoms with Crippen LogP contribution in [0.1, 0.15) is 21.1 Å². The summed E-state index contributed by atoms with van der Waals surface area (Å²) >= 11 is 4.20. The van der Waals surface area contributed by atoms with E-state index in [1.165, 1.54) is 22.7 Å². The van der Waals surface area contributed by atoms with E-state index in [9.17, 15) is 4.79 Å². The number of amides is 1. The van der Waals surface area contributed by atoms with Crippen molar-refractivity contribution < 1.29 is 14.3 Å². The molecule has 0 saturated heterocycles. The Bertz CT molecular complexity index is 1140. The van der Waals surface area contributed by atoms with E-state index in [2.05, 4.69) is 25.5 Å². The summed E-state index contributed by atoms with van der Waals surface area (Å²) in [6.45, 7) is 2.12. The third-order valence-electron chi connectivity index (χ3n) is 3.89. The van der Waals surface area contributed by atoms with Gasteiger partial charge in [0.05, 0.1) is 17.4 Å². The molecule has 4 rings (SSSR count). The van der Waals surface area contributed by atoms with Crippen LogP contribution in [0.3, 0.4) is 0 Å². The summed E-state index contributed by atoms with van der Waals surface area (Å²) in [5.74, 6) is 0.675. The third kappa shape index (κ3) is 3.49. The lowest BCUT2D eigenvalue weighted by molar-refractivity contribution is 0.103.